The van der Waals surface area contributed by atoms with Gasteiger partial charge < -0.3 is 19.3 Å². The Morgan fingerprint density at radius 3 is 1.00 bits per heavy atom. The maximum atomic E-state index is 12.5. The molecule has 0 aliphatic carbocycles. The zero-order valence-corrected chi connectivity index (χ0v) is 22.2. The van der Waals surface area contributed by atoms with E-state index in [1.54, 1.807) is 18.2 Å². The predicted molar refractivity (Wildman–Crippen MR) is 116 cm³/mol. The van der Waals surface area contributed by atoms with Crippen LogP contribution in [-0.4, -0.2) is 61.2 Å². The van der Waals surface area contributed by atoms with E-state index in [-0.39, 0.29) is 42.9 Å². The summed E-state index contributed by atoms with van der Waals surface area (Å²) >= 11 is 0. The van der Waals surface area contributed by atoms with Crippen LogP contribution >= 0.6 is 0 Å². The number of carbonyl (C=O) groups is 4. The van der Waals surface area contributed by atoms with Gasteiger partial charge in [0.1, 0.15) is 0 Å². The normalized spacial score (nSPS) is 10.2. The van der Waals surface area contributed by atoms with Crippen LogP contribution in [0.4, 0.5) is 0 Å². The molecule has 164 valence electrons. The molecule has 0 bridgehead atoms. The molecule has 32 heavy (non-hydrogen) atoms. The molecule has 3 aromatic rings. The zero-order valence-electron chi connectivity index (χ0n) is 16.7. The van der Waals surface area contributed by atoms with Crippen molar-refractivity contribution in [3.05, 3.63) is 108 Å². The van der Waals surface area contributed by atoms with Crippen LogP contribution < -0.4 is 0 Å². The number of hydrogen-bond donors (Lipinski definition) is 1. The second-order valence-corrected chi connectivity index (χ2v) is 6.13. The average molecular weight is 632 g/mol. The van der Waals surface area contributed by atoms with Gasteiger partial charge in [0.2, 0.25) is 0 Å². The van der Waals surface area contributed by atoms with Crippen molar-refractivity contribution in [2.24, 2.45) is 0 Å². The number of ether oxygens (including phenoxy) is 3. The van der Waals surface area contributed by atoms with E-state index in [4.69, 9.17) is 14.2 Å². The molecule has 0 aliphatic rings. The van der Waals surface area contributed by atoms with Gasteiger partial charge in [0.15, 0.2) is 0 Å². The third-order valence-electron chi connectivity index (χ3n) is 3.97. The van der Waals surface area contributed by atoms with E-state index >= 15 is 0 Å². The third-order valence-corrected chi connectivity index (χ3v) is 3.97. The van der Waals surface area contributed by atoms with Crippen molar-refractivity contribution in [3.63, 3.8) is 0 Å². The maximum absolute atomic E-state index is 12.5. The summed E-state index contributed by atoms with van der Waals surface area (Å²) in [6.45, 7) is 0. The van der Waals surface area contributed by atoms with E-state index in [2.05, 4.69) is 0 Å². The van der Waals surface area contributed by atoms with Crippen LogP contribution in [0, 0.1) is 0 Å². The molecule has 0 saturated carbocycles. The first-order valence-corrected chi connectivity index (χ1v) is 9.00. The molecule has 0 heterocycles. The quantitative estimate of drug-likeness (QED) is 0.240. The van der Waals surface area contributed by atoms with Gasteiger partial charge >= 0.3 is 56.1 Å². The second-order valence-electron chi connectivity index (χ2n) is 6.13. The molecular weight excluding hydrogens is 613 g/mol. The fraction of sp³-hybridized carbons (Fsp3) is 0.0435. The molecule has 0 unspecified atom stereocenters. The van der Waals surface area contributed by atoms with Crippen LogP contribution in [-0.2, 0) is 19.0 Å². The first-order valence-electron chi connectivity index (χ1n) is 9.00. The number of carboxylic acid groups (broad SMARTS) is 1. The van der Waals surface area contributed by atoms with E-state index in [0.717, 1.165) is 0 Å². The minimum atomic E-state index is -3.35. The topological polar surface area (TPSA) is 116 Å². The van der Waals surface area contributed by atoms with Crippen molar-refractivity contribution in [1.82, 2.24) is 0 Å². The van der Waals surface area contributed by atoms with Gasteiger partial charge in [0, 0.05) is 0 Å². The molecule has 0 fully saturated rings. The van der Waals surface area contributed by atoms with Crippen molar-refractivity contribution in [2.75, 3.05) is 0 Å². The summed E-state index contributed by atoms with van der Waals surface area (Å²) in [5.74, 6) is -8.89. The predicted octanol–water partition coefficient (Wildman–Crippen LogP) is 2.11. The van der Waals surface area contributed by atoms with Gasteiger partial charge in [0.05, 0.1) is 16.7 Å². The Bertz CT molecular complexity index is 955. The third kappa shape index (κ3) is 5.98. The summed E-state index contributed by atoms with van der Waals surface area (Å²) in [5, 5.41) is 9.78. The number of carboxylic acids is 1. The Labute approximate surface area is 201 Å². The molecular formula is C23H19BiO8. The summed E-state index contributed by atoms with van der Waals surface area (Å²) in [5.41, 5.74) is -0.126. The summed E-state index contributed by atoms with van der Waals surface area (Å²) in [4.78, 5) is 49.7. The first kappa shape index (κ1) is 24.7. The standard InChI is InChI=1S/C23H16O8.Bi.3H/c24-19(16-10-4-1-5-11-16)29-23(22(27)28,30-20(25)17-12-6-2-7-13-17)31-21(26)18-14-8-3-9-15-18;;;;/h1-15H,(H,27,28);;;;. The van der Waals surface area contributed by atoms with E-state index in [0.29, 0.717) is 0 Å². The molecule has 0 radical (unpaired) electrons. The van der Waals surface area contributed by atoms with Gasteiger partial charge in [-0.3, -0.25) is 0 Å². The van der Waals surface area contributed by atoms with Gasteiger partial charge in [-0.15, -0.1) is 0 Å². The van der Waals surface area contributed by atoms with E-state index in [1.165, 1.54) is 72.8 Å². The van der Waals surface area contributed by atoms with Gasteiger partial charge in [-0.1, -0.05) is 54.6 Å². The summed E-state index contributed by atoms with van der Waals surface area (Å²) in [6, 6.07) is 22.1. The minimum absolute atomic E-state index is 0. The number of carbonyl (C=O) groups excluding carboxylic acids is 3. The van der Waals surface area contributed by atoms with Gasteiger partial charge in [0.25, 0.3) is 0 Å². The first-order chi connectivity index (χ1) is 14.9. The molecule has 0 aromatic heterocycles. The number of rotatable bonds is 7. The number of aliphatic carboxylic acids is 1. The summed E-state index contributed by atoms with van der Waals surface area (Å²) < 4.78 is 14.8. The van der Waals surface area contributed by atoms with Crippen LogP contribution in [0.25, 0.3) is 0 Å². The number of benzene rings is 3. The van der Waals surface area contributed by atoms with Gasteiger partial charge in [-0.05, 0) is 36.4 Å². The van der Waals surface area contributed by atoms with Crippen LogP contribution in [0.15, 0.2) is 91.0 Å². The molecule has 9 heteroatoms. The van der Waals surface area contributed by atoms with Crippen molar-refractivity contribution in [1.29, 1.82) is 0 Å². The molecule has 3 aromatic carbocycles. The average Bonchev–Trinajstić information content (AvgIpc) is 2.80. The number of esters is 3. The summed E-state index contributed by atoms with van der Waals surface area (Å²) in [6.07, 6.45) is 0. The Morgan fingerprint density at radius 2 is 0.781 bits per heavy atom. The Kier molecular flexibility index (Phi) is 8.61. The zero-order chi connectivity index (χ0) is 22.3. The van der Waals surface area contributed by atoms with Crippen molar-refractivity contribution < 1.29 is 38.5 Å². The van der Waals surface area contributed by atoms with Crippen LogP contribution in [0.3, 0.4) is 0 Å². The fourth-order valence-corrected chi connectivity index (χ4v) is 2.46. The molecule has 0 amide bonds. The SMILES string of the molecule is O=C(OC(OC(=O)c1ccccc1)(OC(=O)c1ccccc1)C(=O)O)c1ccccc1.[BiH3]. The van der Waals surface area contributed by atoms with Crippen LogP contribution in [0.2, 0.25) is 0 Å². The van der Waals surface area contributed by atoms with E-state index in [1.807, 2.05) is 0 Å². The van der Waals surface area contributed by atoms with Crippen molar-refractivity contribution in [3.8, 4) is 0 Å². The fourth-order valence-electron chi connectivity index (χ4n) is 2.46. The molecule has 0 aliphatic heterocycles. The Morgan fingerprint density at radius 1 is 0.531 bits per heavy atom. The molecule has 0 spiro atoms. The van der Waals surface area contributed by atoms with Crippen molar-refractivity contribution >= 4 is 50.1 Å². The Balaban J connectivity index is 0.00000363. The van der Waals surface area contributed by atoms with Crippen LogP contribution in [0.1, 0.15) is 31.1 Å². The number of hydrogen-bond acceptors (Lipinski definition) is 7. The van der Waals surface area contributed by atoms with E-state index < -0.39 is 29.9 Å². The molecule has 0 saturated heterocycles. The molecule has 3 rings (SSSR count). The van der Waals surface area contributed by atoms with Crippen LogP contribution in [0.5, 0.6) is 0 Å². The molecule has 1 N–H and O–H groups in total. The second kappa shape index (κ2) is 11.2. The summed E-state index contributed by atoms with van der Waals surface area (Å²) in [7, 11) is 0. The van der Waals surface area contributed by atoms with Crippen molar-refractivity contribution in [2.45, 2.75) is 5.97 Å². The molecule has 0 atom stereocenters. The van der Waals surface area contributed by atoms with Gasteiger partial charge in [-0.25, -0.2) is 19.2 Å². The van der Waals surface area contributed by atoms with E-state index in [9.17, 15) is 24.3 Å². The Hall–Kier alpha value is -3.58. The van der Waals surface area contributed by atoms with Gasteiger partial charge in [-0.2, -0.15) is 0 Å². The monoisotopic (exact) mass is 632 g/mol. The molecule has 8 nitrogen and oxygen atoms in total.